The fourth-order valence-corrected chi connectivity index (χ4v) is 3.68. The van der Waals surface area contributed by atoms with E-state index < -0.39 is 10.0 Å². The molecule has 1 aliphatic rings. The van der Waals surface area contributed by atoms with Gasteiger partial charge in [-0.15, -0.1) is 12.4 Å². The van der Waals surface area contributed by atoms with Gasteiger partial charge in [0, 0.05) is 13.1 Å². The van der Waals surface area contributed by atoms with Crippen LogP contribution in [0.15, 0.2) is 29.2 Å². The van der Waals surface area contributed by atoms with E-state index in [1.807, 2.05) is 12.1 Å². The molecule has 1 aromatic rings. The second kappa shape index (κ2) is 7.98. The van der Waals surface area contributed by atoms with Gasteiger partial charge < -0.3 is 5.73 Å². The van der Waals surface area contributed by atoms with Crippen LogP contribution >= 0.6 is 12.4 Å². The number of benzene rings is 1. The molecule has 0 aliphatic heterocycles. The highest BCUT2D eigenvalue weighted by atomic mass is 35.5. The lowest BCUT2D eigenvalue weighted by atomic mass is 9.84. The summed E-state index contributed by atoms with van der Waals surface area (Å²) in [4.78, 5) is 0.320. The van der Waals surface area contributed by atoms with Crippen molar-refractivity contribution in [2.24, 2.45) is 5.73 Å². The molecule has 0 heterocycles. The van der Waals surface area contributed by atoms with Gasteiger partial charge in [0.2, 0.25) is 10.0 Å². The summed E-state index contributed by atoms with van der Waals surface area (Å²) in [5.74, 6) is 0.600. The summed E-state index contributed by atoms with van der Waals surface area (Å²) in [6, 6.07) is 7.30. The third-order valence-electron chi connectivity index (χ3n) is 3.70. The van der Waals surface area contributed by atoms with Crippen molar-refractivity contribution >= 4 is 22.4 Å². The highest BCUT2D eigenvalue weighted by Gasteiger charge is 2.17. The summed E-state index contributed by atoms with van der Waals surface area (Å²) in [5, 5.41) is 0. The van der Waals surface area contributed by atoms with Crippen LogP contribution in [-0.2, 0) is 10.0 Å². The first-order valence-corrected chi connectivity index (χ1v) is 8.41. The normalized spacial score (nSPS) is 16.6. The minimum atomic E-state index is -3.40. The summed E-state index contributed by atoms with van der Waals surface area (Å²) >= 11 is 0. The fourth-order valence-electron chi connectivity index (χ4n) is 2.63. The average Bonchev–Trinajstić information content (AvgIpc) is 2.46. The topological polar surface area (TPSA) is 72.2 Å². The largest absolute Gasteiger partial charge is 0.329 e. The number of hydrogen-bond donors (Lipinski definition) is 2. The lowest BCUT2D eigenvalue weighted by Gasteiger charge is -2.22. The number of nitrogens with one attached hydrogen (secondary N) is 1. The SMILES string of the molecule is Cl.NCCNS(=O)(=O)c1ccc(C2CCCCC2)cc1. The molecule has 0 spiro atoms. The smallest absolute Gasteiger partial charge is 0.240 e. The minimum Gasteiger partial charge on any atom is -0.329 e. The maximum Gasteiger partial charge on any atom is 0.240 e. The van der Waals surface area contributed by atoms with E-state index in [4.69, 9.17) is 5.73 Å². The Bertz CT molecular complexity index is 496. The Morgan fingerprint density at radius 3 is 2.25 bits per heavy atom. The molecule has 6 heteroatoms. The van der Waals surface area contributed by atoms with Gasteiger partial charge in [0.05, 0.1) is 4.90 Å². The molecule has 0 radical (unpaired) electrons. The average molecular weight is 319 g/mol. The Morgan fingerprint density at radius 2 is 1.70 bits per heavy atom. The molecule has 2 rings (SSSR count). The Hall–Kier alpha value is -0.620. The molecule has 20 heavy (non-hydrogen) atoms. The van der Waals surface area contributed by atoms with Crippen molar-refractivity contribution in [2.45, 2.75) is 42.9 Å². The zero-order valence-corrected chi connectivity index (χ0v) is 13.2. The van der Waals surface area contributed by atoms with E-state index in [0.717, 1.165) is 0 Å². The van der Waals surface area contributed by atoms with Crippen LogP contribution in [0.4, 0.5) is 0 Å². The van der Waals surface area contributed by atoms with E-state index in [1.165, 1.54) is 37.7 Å². The van der Waals surface area contributed by atoms with Crippen molar-refractivity contribution in [2.75, 3.05) is 13.1 Å². The molecule has 1 fully saturated rings. The van der Waals surface area contributed by atoms with E-state index in [-0.39, 0.29) is 19.0 Å². The Kier molecular flexibility index (Phi) is 6.95. The van der Waals surface area contributed by atoms with Crippen molar-refractivity contribution in [3.8, 4) is 0 Å². The minimum absolute atomic E-state index is 0. The van der Waals surface area contributed by atoms with Crippen LogP contribution in [0.5, 0.6) is 0 Å². The van der Waals surface area contributed by atoms with Gasteiger partial charge in [-0.3, -0.25) is 0 Å². The molecular weight excluding hydrogens is 296 g/mol. The van der Waals surface area contributed by atoms with Gasteiger partial charge in [0.15, 0.2) is 0 Å². The van der Waals surface area contributed by atoms with Crippen molar-refractivity contribution in [3.63, 3.8) is 0 Å². The molecule has 0 amide bonds. The van der Waals surface area contributed by atoms with Gasteiger partial charge >= 0.3 is 0 Å². The van der Waals surface area contributed by atoms with Crippen molar-refractivity contribution in [1.82, 2.24) is 4.72 Å². The molecule has 1 aromatic carbocycles. The molecule has 1 aliphatic carbocycles. The Labute approximate surface area is 127 Å². The van der Waals surface area contributed by atoms with Crippen LogP contribution in [0.25, 0.3) is 0 Å². The van der Waals surface area contributed by atoms with Crippen molar-refractivity contribution in [3.05, 3.63) is 29.8 Å². The van der Waals surface area contributed by atoms with Crippen LogP contribution in [0.1, 0.15) is 43.6 Å². The van der Waals surface area contributed by atoms with Crippen LogP contribution in [0.2, 0.25) is 0 Å². The zero-order chi connectivity index (χ0) is 13.7. The summed E-state index contributed by atoms with van der Waals surface area (Å²) in [6.45, 7) is 0.575. The molecule has 114 valence electrons. The highest BCUT2D eigenvalue weighted by Crippen LogP contribution is 2.32. The van der Waals surface area contributed by atoms with E-state index in [2.05, 4.69) is 4.72 Å². The molecule has 0 bridgehead atoms. The number of rotatable bonds is 5. The lowest BCUT2D eigenvalue weighted by Crippen LogP contribution is -2.29. The van der Waals surface area contributed by atoms with Crippen molar-refractivity contribution < 1.29 is 8.42 Å². The van der Waals surface area contributed by atoms with Crippen molar-refractivity contribution in [1.29, 1.82) is 0 Å². The van der Waals surface area contributed by atoms with Gasteiger partial charge in [0.1, 0.15) is 0 Å². The number of nitrogens with two attached hydrogens (primary N) is 1. The van der Waals surface area contributed by atoms with E-state index >= 15 is 0 Å². The predicted molar refractivity (Wildman–Crippen MR) is 83.8 cm³/mol. The molecule has 3 N–H and O–H groups in total. The molecule has 4 nitrogen and oxygen atoms in total. The van der Waals surface area contributed by atoms with Gasteiger partial charge in [-0.25, -0.2) is 13.1 Å². The lowest BCUT2D eigenvalue weighted by molar-refractivity contribution is 0.443. The Balaban J connectivity index is 0.00000200. The first-order valence-electron chi connectivity index (χ1n) is 6.93. The second-order valence-corrected chi connectivity index (χ2v) is 6.86. The van der Waals surface area contributed by atoms with Crippen LogP contribution in [-0.4, -0.2) is 21.5 Å². The molecular formula is C14H23ClN2O2S. The summed E-state index contributed by atoms with van der Waals surface area (Å²) < 4.78 is 26.3. The molecule has 1 saturated carbocycles. The van der Waals surface area contributed by atoms with Gasteiger partial charge in [-0.05, 0) is 36.5 Å². The zero-order valence-electron chi connectivity index (χ0n) is 11.5. The fraction of sp³-hybridized carbons (Fsp3) is 0.571. The van der Waals surface area contributed by atoms with Crippen LogP contribution in [0, 0.1) is 0 Å². The first kappa shape index (κ1) is 17.4. The molecule has 0 unspecified atom stereocenters. The molecule has 0 atom stereocenters. The van der Waals surface area contributed by atoms with Gasteiger partial charge in [0.25, 0.3) is 0 Å². The number of halogens is 1. The number of hydrogen-bond acceptors (Lipinski definition) is 3. The number of sulfonamides is 1. The van der Waals surface area contributed by atoms with Gasteiger partial charge in [-0.1, -0.05) is 31.4 Å². The molecule has 0 saturated heterocycles. The molecule has 0 aromatic heterocycles. The Morgan fingerprint density at radius 1 is 1.10 bits per heavy atom. The van der Waals surface area contributed by atoms with E-state index in [0.29, 0.717) is 17.4 Å². The van der Waals surface area contributed by atoms with Crippen LogP contribution < -0.4 is 10.5 Å². The standard InChI is InChI=1S/C14H22N2O2S.ClH/c15-10-11-16-19(17,18)14-8-6-13(7-9-14)12-4-2-1-3-5-12;/h6-9,12,16H,1-5,10-11,15H2;1H. The summed E-state index contributed by atoms with van der Waals surface area (Å²) in [7, 11) is -3.40. The second-order valence-electron chi connectivity index (χ2n) is 5.09. The maximum absolute atomic E-state index is 11.9. The predicted octanol–water partition coefficient (Wildman–Crippen LogP) is 2.39. The summed E-state index contributed by atoms with van der Waals surface area (Å²) in [6.07, 6.45) is 6.33. The monoisotopic (exact) mass is 318 g/mol. The summed E-state index contributed by atoms with van der Waals surface area (Å²) in [5.41, 5.74) is 6.57. The highest BCUT2D eigenvalue weighted by molar-refractivity contribution is 7.89. The third-order valence-corrected chi connectivity index (χ3v) is 5.18. The van der Waals surface area contributed by atoms with E-state index in [1.54, 1.807) is 12.1 Å². The third kappa shape index (κ3) is 4.45. The first-order chi connectivity index (χ1) is 9.13. The maximum atomic E-state index is 11.9. The van der Waals surface area contributed by atoms with E-state index in [9.17, 15) is 8.42 Å². The van der Waals surface area contributed by atoms with Gasteiger partial charge in [-0.2, -0.15) is 0 Å². The quantitative estimate of drug-likeness (QED) is 0.875. The van der Waals surface area contributed by atoms with Crippen LogP contribution in [0.3, 0.4) is 0 Å².